The zero-order valence-corrected chi connectivity index (χ0v) is 15.6. The normalized spacial score (nSPS) is 12.3. The Balaban J connectivity index is 1.87. The van der Waals surface area contributed by atoms with Crippen LogP contribution in [0.4, 0.5) is 4.39 Å². The maximum atomic E-state index is 13.1. The number of hydrogen-bond acceptors (Lipinski definition) is 5. The number of thioether (sulfide) groups is 1. The van der Waals surface area contributed by atoms with E-state index in [9.17, 15) is 9.18 Å². The van der Waals surface area contributed by atoms with E-state index in [1.165, 1.54) is 30.2 Å². The smallest absolute Gasteiger partial charge is 0.233 e. The molecule has 0 radical (unpaired) electrons. The van der Waals surface area contributed by atoms with Crippen molar-refractivity contribution in [3.8, 4) is 10.4 Å². The van der Waals surface area contributed by atoms with E-state index >= 15 is 0 Å². The molecule has 2 heterocycles. The molecule has 25 heavy (non-hydrogen) atoms. The van der Waals surface area contributed by atoms with Gasteiger partial charge in [0.25, 0.3) is 0 Å². The summed E-state index contributed by atoms with van der Waals surface area (Å²) >= 11 is 2.98. The van der Waals surface area contributed by atoms with Crippen molar-refractivity contribution in [1.82, 2.24) is 15.3 Å². The lowest BCUT2D eigenvalue weighted by atomic mass is 10.2. The van der Waals surface area contributed by atoms with Crippen LogP contribution in [-0.4, -0.2) is 27.7 Å². The first-order valence-corrected chi connectivity index (χ1v) is 9.73. The summed E-state index contributed by atoms with van der Waals surface area (Å²) in [6, 6.07) is 8.37. The number of nitrogens with zero attached hydrogens (tertiary/aromatic N) is 2. The fourth-order valence-electron chi connectivity index (χ4n) is 2.29. The van der Waals surface area contributed by atoms with Gasteiger partial charge in [0.1, 0.15) is 17.2 Å². The van der Waals surface area contributed by atoms with E-state index < -0.39 is 0 Å². The van der Waals surface area contributed by atoms with Gasteiger partial charge in [0, 0.05) is 11.4 Å². The molecule has 1 amide bonds. The number of hydrogen-bond donors (Lipinski definition) is 1. The van der Waals surface area contributed by atoms with E-state index in [0.29, 0.717) is 6.54 Å². The van der Waals surface area contributed by atoms with E-state index in [0.717, 1.165) is 32.1 Å². The van der Waals surface area contributed by atoms with E-state index in [4.69, 9.17) is 0 Å². The molecule has 0 aliphatic heterocycles. The van der Waals surface area contributed by atoms with Crippen LogP contribution in [0.3, 0.4) is 0 Å². The number of carbonyl (C=O) groups is 1. The highest BCUT2D eigenvalue weighted by molar-refractivity contribution is 8.00. The molecule has 0 unspecified atom stereocenters. The van der Waals surface area contributed by atoms with Gasteiger partial charge in [0.15, 0.2) is 0 Å². The molecule has 3 rings (SSSR count). The summed E-state index contributed by atoms with van der Waals surface area (Å²) in [6.07, 6.45) is 2.43. The molecule has 0 fully saturated rings. The third kappa shape index (κ3) is 4.16. The minimum absolute atomic E-state index is 0.00827. The van der Waals surface area contributed by atoms with Gasteiger partial charge >= 0.3 is 0 Å². The third-order valence-electron chi connectivity index (χ3n) is 3.61. The minimum atomic E-state index is -0.257. The van der Waals surface area contributed by atoms with Crippen LogP contribution >= 0.6 is 23.1 Å². The van der Waals surface area contributed by atoms with Crippen LogP contribution in [0.15, 0.2) is 41.7 Å². The summed E-state index contributed by atoms with van der Waals surface area (Å²) in [4.78, 5) is 21.8. The average Bonchev–Trinajstić information content (AvgIpc) is 3.05. The molecule has 0 aliphatic carbocycles. The number of amides is 1. The number of nitrogens with one attached hydrogen (secondary N) is 1. The van der Waals surface area contributed by atoms with Gasteiger partial charge in [-0.15, -0.1) is 11.3 Å². The van der Waals surface area contributed by atoms with Crippen molar-refractivity contribution in [3.05, 3.63) is 42.5 Å². The van der Waals surface area contributed by atoms with Crippen LogP contribution in [0.25, 0.3) is 20.7 Å². The fourth-order valence-corrected chi connectivity index (χ4v) is 4.40. The number of halogens is 1. The van der Waals surface area contributed by atoms with Gasteiger partial charge in [0.05, 0.1) is 15.5 Å². The first-order chi connectivity index (χ1) is 12.1. The number of benzene rings is 1. The lowest BCUT2D eigenvalue weighted by Gasteiger charge is -2.10. The number of rotatable bonds is 6. The Hall–Kier alpha value is -1.99. The molecule has 1 atom stereocenters. The maximum absolute atomic E-state index is 13.1. The minimum Gasteiger partial charge on any atom is -0.355 e. The highest BCUT2D eigenvalue weighted by Crippen LogP contribution is 2.38. The van der Waals surface area contributed by atoms with Crippen LogP contribution in [0, 0.1) is 5.82 Å². The average molecular weight is 375 g/mol. The van der Waals surface area contributed by atoms with Gasteiger partial charge in [-0.25, -0.2) is 14.4 Å². The second kappa shape index (κ2) is 7.93. The molecular formula is C18H18FN3OS2. The van der Waals surface area contributed by atoms with Crippen molar-refractivity contribution in [2.75, 3.05) is 6.54 Å². The van der Waals surface area contributed by atoms with E-state index in [1.54, 1.807) is 23.5 Å². The Kier molecular flexibility index (Phi) is 5.65. The Morgan fingerprint density at radius 1 is 1.32 bits per heavy atom. The monoisotopic (exact) mass is 375 g/mol. The highest BCUT2D eigenvalue weighted by atomic mass is 32.2. The zero-order chi connectivity index (χ0) is 17.8. The fraction of sp³-hybridized carbons (Fsp3) is 0.278. The molecule has 4 nitrogen and oxygen atoms in total. The second-order valence-electron chi connectivity index (χ2n) is 5.56. The van der Waals surface area contributed by atoms with Gasteiger partial charge in [-0.2, -0.15) is 0 Å². The molecule has 0 saturated heterocycles. The van der Waals surface area contributed by atoms with Crippen LogP contribution < -0.4 is 5.32 Å². The third-order valence-corrected chi connectivity index (χ3v) is 6.02. The van der Waals surface area contributed by atoms with Gasteiger partial charge in [-0.05, 0) is 37.1 Å². The summed E-state index contributed by atoms with van der Waals surface area (Å²) < 4.78 is 14.1. The molecule has 0 aliphatic rings. The standard InChI is InChI=1S/C18H18FN3OS2/c1-3-8-20-17(23)11(2)24-18-16-14(21-10-22-18)9-15(25-16)12-4-6-13(19)7-5-12/h4-7,9-11H,3,8H2,1-2H3,(H,20,23)/t11-/m0/s1. The summed E-state index contributed by atoms with van der Waals surface area (Å²) in [5, 5.41) is 3.46. The molecule has 1 aromatic carbocycles. The summed E-state index contributed by atoms with van der Waals surface area (Å²) in [5.41, 5.74) is 1.78. The van der Waals surface area contributed by atoms with E-state index in [-0.39, 0.29) is 17.0 Å². The predicted molar refractivity (Wildman–Crippen MR) is 101 cm³/mol. The molecule has 0 bridgehead atoms. The van der Waals surface area contributed by atoms with Crippen molar-refractivity contribution in [3.63, 3.8) is 0 Å². The number of carbonyl (C=O) groups excluding carboxylic acids is 1. The molecule has 2 aromatic heterocycles. The number of thiophene rings is 1. The van der Waals surface area contributed by atoms with Crippen molar-refractivity contribution in [1.29, 1.82) is 0 Å². The second-order valence-corrected chi connectivity index (χ2v) is 7.94. The van der Waals surface area contributed by atoms with Crippen molar-refractivity contribution in [2.45, 2.75) is 30.5 Å². The maximum Gasteiger partial charge on any atom is 0.233 e. The van der Waals surface area contributed by atoms with Gasteiger partial charge < -0.3 is 5.32 Å². The molecule has 130 valence electrons. The van der Waals surface area contributed by atoms with Crippen LogP contribution in [-0.2, 0) is 4.79 Å². The number of aromatic nitrogens is 2. The Labute approximate surface area is 153 Å². The Bertz CT molecular complexity index is 880. The Morgan fingerprint density at radius 2 is 2.08 bits per heavy atom. The lowest BCUT2D eigenvalue weighted by molar-refractivity contribution is -0.120. The van der Waals surface area contributed by atoms with Crippen LogP contribution in [0.2, 0.25) is 0 Å². The molecule has 0 spiro atoms. The quantitative estimate of drug-likeness (QED) is 0.509. The summed E-state index contributed by atoms with van der Waals surface area (Å²) in [7, 11) is 0. The highest BCUT2D eigenvalue weighted by Gasteiger charge is 2.18. The van der Waals surface area contributed by atoms with Gasteiger partial charge in [-0.1, -0.05) is 30.8 Å². The topological polar surface area (TPSA) is 54.9 Å². The van der Waals surface area contributed by atoms with Crippen molar-refractivity contribution < 1.29 is 9.18 Å². The Morgan fingerprint density at radius 3 is 2.80 bits per heavy atom. The first-order valence-electron chi connectivity index (χ1n) is 8.03. The lowest BCUT2D eigenvalue weighted by Crippen LogP contribution is -2.31. The zero-order valence-electron chi connectivity index (χ0n) is 14.0. The van der Waals surface area contributed by atoms with Crippen molar-refractivity contribution >= 4 is 39.2 Å². The largest absolute Gasteiger partial charge is 0.355 e. The summed E-state index contributed by atoms with van der Waals surface area (Å²) in [5.74, 6) is -0.248. The van der Waals surface area contributed by atoms with Gasteiger partial charge in [-0.3, -0.25) is 4.79 Å². The van der Waals surface area contributed by atoms with E-state index in [1.807, 2.05) is 19.9 Å². The summed E-state index contributed by atoms with van der Waals surface area (Å²) in [6.45, 7) is 4.57. The van der Waals surface area contributed by atoms with Crippen LogP contribution in [0.1, 0.15) is 20.3 Å². The number of fused-ring (bicyclic) bond motifs is 1. The predicted octanol–water partition coefficient (Wildman–Crippen LogP) is 4.50. The molecular weight excluding hydrogens is 357 g/mol. The molecule has 1 N–H and O–H groups in total. The molecule has 0 saturated carbocycles. The SMILES string of the molecule is CCCNC(=O)[C@H](C)Sc1ncnc2cc(-c3ccc(F)cc3)sc12. The van der Waals surface area contributed by atoms with Crippen LogP contribution in [0.5, 0.6) is 0 Å². The van der Waals surface area contributed by atoms with E-state index in [2.05, 4.69) is 15.3 Å². The van der Waals surface area contributed by atoms with Gasteiger partial charge in [0.2, 0.25) is 5.91 Å². The molecule has 7 heteroatoms. The first kappa shape index (κ1) is 17.8. The molecule has 3 aromatic rings. The van der Waals surface area contributed by atoms with Crippen molar-refractivity contribution in [2.24, 2.45) is 0 Å².